The number of nitrogens with one attached hydrogen (secondary N) is 1. The lowest BCUT2D eigenvalue weighted by Gasteiger charge is -2.36. The molecule has 5 heteroatoms. The first-order valence-corrected chi connectivity index (χ1v) is 8.27. The Balaban J connectivity index is 1.73. The highest BCUT2D eigenvalue weighted by molar-refractivity contribution is 5.58. The predicted molar refractivity (Wildman–Crippen MR) is 87.1 cm³/mol. The summed E-state index contributed by atoms with van der Waals surface area (Å²) < 4.78 is 0. The molecule has 1 aromatic heterocycles. The molecule has 0 spiro atoms. The third-order valence-electron chi connectivity index (χ3n) is 4.45. The van der Waals surface area contributed by atoms with Crippen molar-refractivity contribution in [3.05, 3.63) is 11.4 Å². The number of nitrogens with zero attached hydrogens (tertiary/aromatic N) is 4. The van der Waals surface area contributed by atoms with Crippen molar-refractivity contribution in [1.82, 2.24) is 14.9 Å². The van der Waals surface area contributed by atoms with E-state index in [4.69, 9.17) is 4.98 Å². The Labute approximate surface area is 127 Å². The molecule has 3 rings (SSSR count). The van der Waals surface area contributed by atoms with E-state index < -0.39 is 0 Å². The molecule has 1 aliphatic heterocycles. The van der Waals surface area contributed by atoms with E-state index in [1.165, 1.54) is 31.5 Å². The molecule has 0 unspecified atom stereocenters. The SMILES string of the molecule is CCCNc1nc(C)nc(N2CCN(C3CC3)CC2)c1C. The highest BCUT2D eigenvalue weighted by atomic mass is 15.3. The van der Waals surface area contributed by atoms with Crippen LogP contribution in [0.2, 0.25) is 0 Å². The van der Waals surface area contributed by atoms with Crippen LogP contribution in [0.4, 0.5) is 11.6 Å². The van der Waals surface area contributed by atoms with Crippen LogP contribution >= 0.6 is 0 Å². The summed E-state index contributed by atoms with van der Waals surface area (Å²) >= 11 is 0. The third-order valence-corrected chi connectivity index (χ3v) is 4.45. The van der Waals surface area contributed by atoms with Gasteiger partial charge in [-0.2, -0.15) is 0 Å². The van der Waals surface area contributed by atoms with Crippen LogP contribution in [-0.2, 0) is 0 Å². The Bertz CT molecular complexity index is 490. The first-order chi connectivity index (χ1) is 10.2. The van der Waals surface area contributed by atoms with Crippen LogP contribution in [0.25, 0.3) is 0 Å². The molecule has 2 aliphatic rings. The summed E-state index contributed by atoms with van der Waals surface area (Å²) in [6.45, 7) is 11.8. The molecular formula is C16H27N5. The van der Waals surface area contributed by atoms with Crippen LogP contribution in [-0.4, -0.2) is 53.6 Å². The molecule has 0 radical (unpaired) electrons. The van der Waals surface area contributed by atoms with Gasteiger partial charge in [0.15, 0.2) is 0 Å². The Hall–Kier alpha value is -1.36. The maximum atomic E-state index is 4.71. The molecule has 21 heavy (non-hydrogen) atoms. The fourth-order valence-corrected chi connectivity index (χ4v) is 3.08. The molecule has 116 valence electrons. The smallest absolute Gasteiger partial charge is 0.137 e. The number of rotatable bonds is 5. The Morgan fingerprint density at radius 1 is 1.10 bits per heavy atom. The molecular weight excluding hydrogens is 262 g/mol. The number of anilines is 2. The van der Waals surface area contributed by atoms with Crippen molar-refractivity contribution >= 4 is 11.6 Å². The normalized spacial score (nSPS) is 19.9. The standard InChI is InChI=1S/C16H27N5/c1-4-7-17-15-12(2)16(19-13(3)18-15)21-10-8-20(9-11-21)14-5-6-14/h14H,4-11H2,1-3H3,(H,17,18,19). The van der Waals surface area contributed by atoms with Crippen LogP contribution < -0.4 is 10.2 Å². The van der Waals surface area contributed by atoms with Gasteiger partial charge in [-0.3, -0.25) is 4.90 Å². The molecule has 1 saturated carbocycles. The van der Waals surface area contributed by atoms with Crippen LogP contribution in [0.1, 0.15) is 37.6 Å². The minimum Gasteiger partial charge on any atom is -0.370 e. The van der Waals surface area contributed by atoms with E-state index in [-0.39, 0.29) is 0 Å². The maximum absolute atomic E-state index is 4.71. The number of piperazine rings is 1. The summed E-state index contributed by atoms with van der Waals surface area (Å²) in [5, 5.41) is 3.43. The van der Waals surface area contributed by atoms with Crippen molar-refractivity contribution in [2.24, 2.45) is 0 Å². The summed E-state index contributed by atoms with van der Waals surface area (Å²) in [6.07, 6.45) is 3.91. The predicted octanol–water partition coefficient (Wildman–Crippen LogP) is 2.20. The van der Waals surface area contributed by atoms with Gasteiger partial charge in [-0.05, 0) is 33.1 Å². The molecule has 1 saturated heterocycles. The average Bonchev–Trinajstić information content (AvgIpc) is 3.33. The monoisotopic (exact) mass is 289 g/mol. The molecule has 1 aliphatic carbocycles. The van der Waals surface area contributed by atoms with E-state index in [2.05, 4.69) is 33.9 Å². The maximum Gasteiger partial charge on any atom is 0.137 e. The van der Waals surface area contributed by atoms with Gasteiger partial charge < -0.3 is 10.2 Å². The first-order valence-electron chi connectivity index (χ1n) is 8.27. The second-order valence-electron chi connectivity index (χ2n) is 6.25. The van der Waals surface area contributed by atoms with Gasteiger partial charge in [0.05, 0.1) is 0 Å². The van der Waals surface area contributed by atoms with Gasteiger partial charge in [-0.15, -0.1) is 0 Å². The van der Waals surface area contributed by atoms with Gasteiger partial charge in [-0.25, -0.2) is 9.97 Å². The molecule has 2 fully saturated rings. The molecule has 5 nitrogen and oxygen atoms in total. The molecule has 2 heterocycles. The minimum atomic E-state index is 0.860. The van der Waals surface area contributed by atoms with Crippen molar-refractivity contribution < 1.29 is 0 Å². The molecule has 0 amide bonds. The van der Waals surface area contributed by atoms with E-state index in [0.29, 0.717) is 0 Å². The van der Waals surface area contributed by atoms with E-state index >= 15 is 0 Å². The topological polar surface area (TPSA) is 44.3 Å². The largest absolute Gasteiger partial charge is 0.370 e. The van der Waals surface area contributed by atoms with Gasteiger partial charge in [0.2, 0.25) is 0 Å². The zero-order valence-corrected chi connectivity index (χ0v) is 13.5. The quantitative estimate of drug-likeness (QED) is 0.900. The molecule has 1 N–H and O–H groups in total. The lowest BCUT2D eigenvalue weighted by atomic mass is 10.2. The molecule has 1 aromatic rings. The van der Waals surface area contributed by atoms with Crippen molar-refractivity contribution in [3.63, 3.8) is 0 Å². The summed E-state index contributed by atoms with van der Waals surface area (Å²) in [5.41, 5.74) is 1.19. The van der Waals surface area contributed by atoms with Gasteiger partial charge >= 0.3 is 0 Å². The van der Waals surface area contributed by atoms with E-state index in [9.17, 15) is 0 Å². The Morgan fingerprint density at radius 3 is 2.43 bits per heavy atom. The van der Waals surface area contributed by atoms with Crippen molar-refractivity contribution in [3.8, 4) is 0 Å². The Kier molecular flexibility index (Phi) is 4.29. The highest BCUT2D eigenvalue weighted by Gasteiger charge is 2.31. The summed E-state index contributed by atoms with van der Waals surface area (Å²) in [5.74, 6) is 2.99. The fraction of sp³-hybridized carbons (Fsp3) is 0.750. The minimum absolute atomic E-state index is 0.860. The van der Waals surface area contributed by atoms with E-state index in [1.54, 1.807) is 0 Å². The molecule has 0 bridgehead atoms. The summed E-state index contributed by atoms with van der Waals surface area (Å²) in [7, 11) is 0. The number of aryl methyl sites for hydroxylation is 1. The lowest BCUT2D eigenvalue weighted by molar-refractivity contribution is 0.247. The Morgan fingerprint density at radius 2 is 1.81 bits per heavy atom. The van der Waals surface area contributed by atoms with Gasteiger partial charge in [0.25, 0.3) is 0 Å². The van der Waals surface area contributed by atoms with Gasteiger partial charge in [0.1, 0.15) is 17.5 Å². The van der Waals surface area contributed by atoms with Crippen LogP contribution in [0, 0.1) is 13.8 Å². The zero-order valence-electron chi connectivity index (χ0n) is 13.5. The summed E-state index contributed by atoms with van der Waals surface area (Å²) in [4.78, 5) is 14.3. The van der Waals surface area contributed by atoms with Crippen LogP contribution in [0.15, 0.2) is 0 Å². The lowest BCUT2D eigenvalue weighted by Crippen LogP contribution is -2.47. The first kappa shape index (κ1) is 14.6. The summed E-state index contributed by atoms with van der Waals surface area (Å²) in [6, 6.07) is 0.877. The second-order valence-corrected chi connectivity index (χ2v) is 6.25. The van der Waals surface area contributed by atoms with Crippen LogP contribution in [0.5, 0.6) is 0 Å². The van der Waals surface area contributed by atoms with Crippen LogP contribution in [0.3, 0.4) is 0 Å². The van der Waals surface area contributed by atoms with Crippen molar-refractivity contribution in [1.29, 1.82) is 0 Å². The van der Waals surface area contributed by atoms with Gasteiger partial charge in [0, 0.05) is 44.3 Å². The number of hydrogen-bond donors (Lipinski definition) is 1. The van der Waals surface area contributed by atoms with Crippen molar-refractivity contribution in [2.75, 3.05) is 42.9 Å². The second kappa shape index (κ2) is 6.18. The number of hydrogen-bond acceptors (Lipinski definition) is 5. The van der Waals surface area contributed by atoms with E-state index in [0.717, 1.165) is 49.6 Å². The van der Waals surface area contributed by atoms with E-state index in [1.807, 2.05) is 6.92 Å². The fourth-order valence-electron chi connectivity index (χ4n) is 3.08. The number of aromatic nitrogens is 2. The molecule has 0 atom stereocenters. The van der Waals surface area contributed by atoms with Gasteiger partial charge in [-0.1, -0.05) is 6.92 Å². The third kappa shape index (κ3) is 3.28. The highest BCUT2D eigenvalue weighted by Crippen LogP contribution is 2.29. The van der Waals surface area contributed by atoms with Crippen molar-refractivity contribution in [2.45, 2.75) is 46.1 Å². The average molecular weight is 289 g/mol. The molecule has 0 aromatic carbocycles. The zero-order chi connectivity index (χ0) is 14.8.